The molecule has 5 nitrogen and oxygen atoms in total. The van der Waals surface area contributed by atoms with Crippen LogP contribution >= 0.6 is 11.3 Å². The van der Waals surface area contributed by atoms with E-state index in [2.05, 4.69) is 35.3 Å². The maximum atomic E-state index is 12.8. The van der Waals surface area contributed by atoms with Gasteiger partial charge in [-0.05, 0) is 5.56 Å². The number of nitrogens with one attached hydrogen (secondary N) is 3. The summed E-state index contributed by atoms with van der Waals surface area (Å²) in [5, 5.41) is 2.76. The maximum absolute atomic E-state index is 12.8. The first kappa shape index (κ1) is 19.2. The van der Waals surface area contributed by atoms with Crippen LogP contribution in [0.2, 0.25) is 0 Å². The Balaban J connectivity index is 1.27. The third-order valence-electron chi connectivity index (χ3n) is 5.96. The monoisotopic (exact) mass is 418 g/mol. The summed E-state index contributed by atoms with van der Waals surface area (Å²) in [4.78, 5) is 24.7. The predicted octanol–water partition coefficient (Wildman–Crippen LogP) is 1.14. The average Bonchev–Trinajstić information content (AvgIpc) is 3.21. The van der Waals surface area contributed by atoms with Crippen molar-refractivity contribution in [1.82, 2.24) is 9.97 Å². The molecule has 2 aromatic carbocycles. The zero-order valence-corrected chi connectivity index (χ0v) is 17.7. The first-order valence-electron chi connectivity index (χ1n) is 10.5. The molecule has 5 rings (SSSR count). The lowest BCUT2D eigenvalue weighted by atomic mass is 10.1. The number of rotatable bonds is 5. The van der Waals surface area contributed by atoms with Crippen LogP contribution in [0.25, 0.3) is 21.3 Å². The van der Waals surface area contributed by atoms with Crippen LogP contribution in [0.4, 0.5) is 0 Å². The number of thiophene rings is 1. The second kappa shape index (κ2) is 8.52. The molecule has 1 fully saturated rings. The second-order valence-corrected chi connectivity index (χ2v) is 8.91. The van der Waals surface area contributed by atoms with Crippen molar-refractivity contribution >= 4 is 21.6 Å². The maximum Gasteiger partial charge on any atom is 0.260 e. The van der Waals surface area contributed by atoms with Gasteiger partial charge in [0.15, 0.2) is 5.82 Å². The smallest absolute Gasteiger partial charge is 0.260 e. The van der Waals surface area contributed by atoms with Crippen molar-refractivity contribution < 1.29 is 9.80 Å². The van der Waals surface area contributed by atoms with Gasteiger partial charge in [-0.3, -0.25) is 4.79 Å². The van der Waals surface area contributed by atoms with Gasteiger partial charge in [-0.1, -0.05) is 60.7 Å². The van der Waals surface area contributed by atoms with Gasteiger partial charge in [-0.2, -0.15) is 0 Å². The van der Waals surface area contributed by atoms with Crippen LogP contribution in [-0.2, 0) is 13.1 Å². The minimum atomic E-state index is -0.0251. The molecule has 0 saturated carbocycles. The topological polar surface area (TPSA) is 54.6 Å². The molecule has 152 valence electrons. The van der Waals surface area contributed by atoms with Crippen molar-refractivity contribution in [3.8, 4) is 11.1 Å². The van der Waals surface area contributed by atoms with E-state index in [1.807, 2.05) is 35.7 Å². The number of hydrogen-bond acceptors (Lipinski definition) is 3. The third-order valence-corrected chi connectivity index (χ3v) is 6.83. The minimum absolute atomic E-state index is 0.0251. The molecule has 1 aliphatic heterocycles. The summed E-state index contributed by atoms with van der Waals surface area (Å²) in [7, 11) is 0. The average molecular weight is 419 g/mol. The highest BCUT2D eigenvalue weighted by molar-refractivity contribution is 7.17. The molecule has 0 bridgehead atoms. The Bertz CT molecular complexity index is 1180. The molecule has 0 atom stereocenters. The van der Waals surface area contributed by atoms with Gasteiger partial charge in [0.05, 0.1) is 5.39 Å². The lowest BCUT2D eigenvalue weighted by molar-refractivity contribution is -1.02. The van der Waals surface area contributed by atoms with E-state index in [1.54, 1.807) is 16.2 Å². The SMILES string of the molecule is O=c1[nH]c(C[NH+]2CC[NH+](Cc3ccccc3)CC2)nc2scc(-c3ccccc3)c12. The number of aromatic amines is 1. The van der Waals surface area contributed by atoms with Crippen molar-refractivity contribution in [1.29, 1.82) is 0 Å². The molecule has 0 radical (unpaired) electrons. The molecule has 4 aromatic rings. The van der Waals surface area contributed by atoms with Crippen LogP contribution in [-0.4, -0.2) is 36.1 Å². The number of hydrogen-bond donors (Lipinski definition) is 3. The first-order chi connectivity index (χ1) is 14.8. The lowest BCUT2D eigenvalue weighted by Crippen LogP contribution is -3.27. The van der Waals surface area contributed by atoms with Gasteiger partial charge in [0.2, 0.25) is 0 Å². The number of aromatic nitrogens is 2. The largest absolute Gasteiger partial charge is 0.322 e. The normalized spacial score (nSPS) is 19.2. The molecule has 6 heteroatoms. The van der Waals surface area contributed by atoms with Crippen LogP contribution in [0.1, 0.15) is 11.4 Å². The number of fused-ring (bicyclic) bond motifs is 1. The molecular formula is C24H26N4OS+2. The Morgan fingerprint density at radius 3 is 2.20 bits per heavy atom. The van der Waals surface area contributed by atoms with Crippen LogP contribution < -0.4 is 15.4 Å². The molecule has 30 heavy (non-hydrogen) atoms. The first-order valence-corrected chi connectivity index (χ1v) is 11.4. The molecule has 0 amide bonds. The third kappa shape index (κ3) is 4.07. The fraction of sp³-hybridized carbons (Fsp3) is 0.250. The van der Waals surface area contributed by atoms with Crippen molar-refractivity contribution in [3.05, 3.63) is 87.8 Å². The van der Waals surface area contributed by atoms with E-state index in [0.717, 1.165) is 61.1 Å². The highest BCUT2D eigenvalue weighted by Crippen LogP contribution is 2.30. The minimum Gasteiger partial charge on any atom is -0.322 e. The summed E-state index contributed by atoms with van der Waals surface area (Å²) in [6.07, 6.45) is 0. The molecule has 3 N–H and O–H groups in total. The van der Waals surface area contributed by atoms with Crippen LogP contribution in [0, 0.1) is 0 Å². The number of H-pyrrole nitrogens is 1. The molecule has 0 aliphatic carbocycles. The summed E-state index contributed by atoms with van der Waals surface area (Å²) < 4.78 is 0. The zero-order chi connectivity index (χ0) is 20.3. The van der Waals surface area contributed by atoms with Gasteiger partial charge < -0.3 is 14.8 Å². The summed E-state index contributed by atoms with van der Waals surface area (Å²) in [6.45, 7) is 6.37. The Morgan fingerprint density at radius 1 is 0.867 bits per heavy atom. The highest BCUT2D eigenvalue weighted by atomic mass is 32.1. The van der Waals surface area contributed by atoms with E-state index in [9.17, 15) is 4.79 Å². The van der Waals surface area contributed by atoms with E-state index < -0.39 is 0 Å². The number of benzene rings is 2. The Labute approximate surface area is 179 Å². The van der Waals surface area contributed by atoms with Crippen molar-refractivity contribution in [2.45, 2.75) is 13.1 Å². The van der Waals surface area contributed by atoms with E-state index in [1.165, 1.54) is 10.5 Å². The molecule has 3 heterocycles. The Kier molecular flexibility index (Phi) is 5.45. The predicted molar refractivity (Wildman–Crippen MR) is 121 cm³/mol. The lowest BCUT2D eigenvalue weighted by Gasteiger charge is -2.29. The van der Waals surface area contributed by atoms with Crippen LogP contribution in [0.3, 0.4) is 0 Å². The van der Waals surface area contributed by atoms with E-state index in [0.29, 0.717) is 5.39 Å². The van der Waals surface area contributed by atoms with Gasteiger partial charge in [-0.15, -0.1) is 11.3 Å². The van der Waals surface area contributed by atoms with Gasteiger partial charge >= 0.3 is 0 Å². The van der Waals surface area contributed by atoms with Crippen LogP contribution in [0.5, 0.6) is 0 Å². The van der Waals surface area contributed by atoms with E-state index in [4.69, 9.17) is 4.98 Å². The molecule has 0 unspecified atom stereocenters. The van der Waals surface area contributed by atoms with Gasteiger partial charge in [0, 0.05) is 16.5 Å². The van der Waals surface area contributed by atoms with Crippen molar-refractivity contribution in [2.24, 2.45) is 0 Å². The van der Waals surface area contributed by atoms with Crippen molar-refractivity contribution in [2.75, 3.05) is 26.2 Å². The standard InChI is InChI=1S/C24H24N4OS/c29-23-22-20(19-9-5-2-6-10-19)17-30-24(22)26-21(25-23)16-28-13-11-27(12-14-28)15-18-7-3-1-4-8-18/h1-10,17H,11-16H2,(H,25,26,29)/p+2. The van der Waals surface area contributed by atoms with Gasteiger partial charge in [0.1, 0.15) is 44.1 Å². The van der Waals surface area contributed by atoms with Gasteiger partial charge in [-0.25, -0.2) is 4.98 Å². The van der Waals surface area contributed by atoms with E-state index >= 15 is 0 Å². The number of nitrogens with zero attached hydrogens (tertiary/aromatic N) is 1. The zero-order valence-electron chi connectivity index (χ0n) is 16.9. The number of piperazine rings is 1. The number of quaternary nitrogens is 2. The summed E-state index contributed by atoms with van der Waals surface area (Å²) >= 11 is 1.56. The fourth-order valence-corrected chi connectivity index (χ4v) is 5.31. The Hall–Kier alpha value is -2.80. The van der Waals surface area contributed by atoms with E-state index in [-0.39, 0.29) is 5.56 Å². The molecule has 2 aromatic heterocycles. The fourth-order valence-electron chi connectivity index (χ4n) is 4.34. The molecule has 0 spiro atoms. The van der Waals surface area contributed by atoms with Gasteiger partial charge in [0.25, 0.3) is 5.56 Å². The molecule has 1 saturated heterocycles. The van der Waals surface area contributed by atoms with Crippen molar-refractivity contribution in [3.63, 3.8) is 0 Å². The Morgan fingerprint density at radius 2 is 1.50 bits per heavy atom. The summed E-state index contributed by atoms with van der Waals surface area (Å²) in [5.41, 5.74) is 3.41. The quantitative estimate of drug-likeness (QED) is 0.455. The molecule has 1 aliphatic rings. The highest BCUT2D eigenvalue weighted by Gasteiger charge is 2.24. The summed E-state index contributed by atoms with van der Waals surface area (Å²) in [5.74, 6) is 0.801. The molecular weight excluding hydrogens is 392 g/mol. The second-order valence-electron chi connectivity index (χ2n) is 8.05. The van der Waals surface area contributed by atoms with Crippen LogP contribution in [0.15, 0.2) is 70.8 Å². The summed E-state index contributed by atoms with van der Waals surface area (Å²) in [6, 6.07) is 20.8.